The third kappa shape index (κ3) is 4.08. The van der Waals surface area contributed by atoms with E-state index in [0.717, 1.165) is 49.6 Å². The Hall–Kier alpha value is -6.39. The number of para-hydroxylation sites is 2. The highest BCUT2D eigenvalue weighted by Gasteiger charge is 2.37. The van der Waals surface area contributed by atoms with Gasteiger partial charge in [0, 0.05) is 39.0 Å². The lowest BCUT2D eigenvalue weighted by Gasteiger charge is -2.42. The molecule has 1 aliphatic heterocycles. The van der Waals surface area contributed by atoms with Crippen LogP contribution in [0.25, 0.3) is 60.4 Å². The summed E-state index contributed by atoms with van der Waals surface area (Å²) in [5, 5.41) is 4.72. The topological polar surface area (TPSA) is 38.4 Å². The number of fused-ring (bicyclic) bond motifs is 8. The summed E-state index contributed by atoms with van der Waals surface area (Å²) in [5.74, 6) is 0. The van der Waals surface area contributed by atoms with Crippen LogP contribution in [-0.2, 0) is 5.41 Å². The molecule has 3 heterocycles. The fraction of sp³-hybridized carbons (Fsp3) is 0.0652. The van der Waals surface area contributed by atoms with Gasteiger partial charge in [-0.1, -0.05) is 111 Å². The van der Waals surface area contributed by atoms with Gasteiger partial charge in [0.2, 0.25) is 0 Å². The van der Waals surface area contributed by atoms with Gasteiger partial charge in [-0.25, -0.2) is 4.79 Å². The van der Waals surface area contributed by atoms with Crippen molar-refractivity contribution in [2.75, 3.05) is 4.90 Å². The summed E-state index contributed by atoms with van der Waals surface area (Å²) >= 11 is 0. The average Bonchev–Trinajstić information content (AvgIpc) is 3.48. The van der Waals surface area contributed by atoms with Gasteiger partial charge in [0.05, 0.1) is 27.8 Å². The van der Waals surface area contributed by atoms with Gasteiger partial charge < -0.3 is 13.9 Å². The minimum absolute atomic E-state index is 0.264. The smallest absolute Gasteiger partial charge is 0.344 e. The van der Waals surface area contributed by atoms with Crippen molar-refractivity contribution in [2.24, 2.45) is 0 Å². The molecule has 0 spiro atoms. The van der Waals surface area contributed by atoms with E-state index in [0.29, 0.717) is 11.0 Å². The Labute approximate surface area is 289 Å². The quantitative estimate of drug-likeness (QED) is 0.142. The van der Waals surface area contributed by atoms with Crippen LogP contribution < -0.4 is 10.5 Å². The molecule has 7 aromatic carbocycles. The zero-order chi connectivity index (χ0) is 33.6. The molecule has 238 valence electrons. The highest BCUT2D eigenvalue weighted by Crippen LogP contribution is 2.52. The van der Waals surface area contributed by atoms with Crippen molar-refractivity contribution in [2.45, 2.75) is 19.3 Å². The van der Waals surface area contributed by atoms with E-state index in [1.54, 1.807) is 0 Å². The Morgan fingerprint density at radius 3 is 1.94 bits per heavy atom. The van der Waals surface area contributed by atoms with Gasteiger partial charge in [0.25, 0.3) is 0 Å². The fourth-order valence-corrected chi connectivity index (χ4v) is 8.16. The first kappa shape index (κ1) is 28.6. The van der Waals surface area contributed by atoms with Gasteiger partial charge in [0.1, 0.15) is 5.58 Å². The monoisotopic (exact) mass is 644 g/mol. The van der Waals surface area contributed by atoms with E-state index in [9.17, 15) is 4.79 Å². The molecule has 0 saturated carbocycles. The van der Waals surface area contributed by atoms with Crippen LogP contribution in [0.3, 0.4) is 0 Å². The summed E-state index contributed by atoms with van der Waals surface area (Å²) in [6.45, 7) is 4.65. The van der Waals surface area contributed by atoms with Crippen LogP contribution in [0, 0.1) is 0 Å². The van der Waals surface area contributed by atoms with Crippen molar-refractivity contribution in [3.05, 3.63) is 179 Å². The number of nitrogens with zero attached hydrogens (tertiary/aromatic N) is 2. The van der Waals surface area contributed by atoms with Crippen LogP contribution in [0.5, 0.6) is 0 Å². The van der Waals surface area contributed by atoms with Crippen LogP contribution in [0.4, 0.5) is 17.1 Å². The summed E-state index contributed by atoms with van der Waals surface area (Å²) in [6.07, 6.45) is 0. The van der Waals surface area contributed by atoms with Gasteiger partial charge in [-0.15, -0.1) is 0 Å². The van der Waals surface area contributed by atoms with Crippen LogP contribution in [0.15, 0.2) is 167 Å². The standard InChI is InChI=1S/C46H32N2O2/c1-46(2)38-17-9-11-19-41(38)47(31-22-20-30(21-23-31)29-12-4-3-5-13-29)42-25-24-32(26-39(42)46)48-40-18-10-8-15-34(40)36-27-37-33-14-6-7-16-35(33)45(49)50-44(37)28-43(36)48/h3-28H,1-2H3. The Morgan fingerprint density at radius 2 is 1.12 bits per heavy atom. The van der Waals surface area contributed by atoms with Crippen molar-refractivity contribution in [3.63, 3.8) is 0 Å². The molecule has 9 aromatic rings. The first-order valence-electron chi connectivity index (χ1n) is 17.1. The molecule has 1 aliphatic rings. The molecule has 0 bridgehead atoms. The number of aromatic nitrogens is 1. The predicted octanol–water partition coefficient (Wildman–Crippen LogP) is 11.8. The highest BCUT2D eigenvalue weighted by atomic mass is 16.4. The highest BCUT2D eigenvalue weighted by molar-refractivity contribution is 6.17. The van der Waals surface area contributed by atoms with E-state index >= 15 is 0 Å². The molecule has 0 N–H and O–H groups in total. The number of anilines is 3. The molecule has 0 atom stereocenters. The predicted molar refractivity (Wildman–Crippen MR) is 207 cm³/mol. The van der Waals surface area contributed by atoms with Crippen molar-refractivity contribution in [3.8, 4) is 16.8 Å². The molecule has 2 aromatic heterocycles. The maximum Gasteiger partial charge on any atom is 0.344 e. The van der Waals surface area contributed by atoms with Gasteiger partial charge >= 0.3 is 5.63 Å². The fourth-order valence-electron chi connectivity index (χ4n) is 8.16. The van der Waals surface area contributed by atoms with Crippen molar-refractivity contribution in [1.82, 2.24) is 4.57 Å². The Morgan fingerprint density at radius 1 is 0.480 bits per heavy atom. The molecular formula is C46H32N2O2. The van der Waals surface area contributed by atoms with Gasteiger partial charge in [-0.3, -0.25) is 0 Å². The van der Waals surface area contributed by atoms with Crippen LogP contribution in [0.2, 0.25) is 0 Å². The molecule has 0 radical (unpaired) electrons. The second-order valence-corrected chi connectivity index (χ2v) is 13.7. The Kier molecular flexibility index (Phi) is 6.04. The summed E-state index contributed by atoms with van der Waals surface area (Å²) in [7, 11) is 0. The second kappa shape index (κ2) is 10.6. The maximum absolute atomic E-state index is 13.0. The molecule has 4 heteroatoms. The van der Waals surface area contributed by atoms with E-state index in [4.69, 9.17) is 4.42 Å². The molecule has 0 aliphatic carbocycles. The lowest BCUT2D eigenvalue weighted by atomic mass is 9.73. The molecule has 10 rings (SSSR count). The van der Waals surface area contributed by atoms with Crippen molar-refractivity contribution in [1.29, 1.82) is 0 Å². The molecule has 50 heavy (non-hydrogen) atoms. The first-order valence-corrected chi connectivity index (χ1v) is 17.1. The van der Waals surface area contributed by atoms with E-state index < -0.39 is 0 Å². The van der Waals surface area contributed by atoms with E-state index in [2.05, 4.69) is 151 Å². The van der Waals surface area contributed by atoms with Crippen molar-refractivity contribution < 1.29 is 4.42 Å². The minimum atomic E-state index is -0.318. The first-order chi connectivity index (χ1) is 24.5. The third-order valence-electron chi connectivity index (χ3n) is 10.6. The second-order valence-electron chi connectivity index (χ2n) is 13.7. The summed E-state index contributed by atoms with van der Waals surface area (Å²) < 4.78 is 8.27. The minimum Gasteiger partial charge on any atom is -0.422 e. The lowest BCUT2D eigenvalue weighted by molar-refractivity contribution is 0.570. The molecule has 0 fully saturated rings. The average molecular weight is 645 g/mol. The van der Waals surface area contributed by atoms with Crippen LogP contribution in [-0.4, -0.2) is 4.57 Å². The van der Waals surface area contributed by atoms with Gasteiger partial charge in [-0.05, 0) is 82.2 Å². The molecule has 0 amide bonds. The molecular weight excluding hydrogens is 613 g/mol. The molecule has 0 saturated heterocycles. The van der Waals surface area contributed by atoms with Crippen molar-refractivity contribution >= 4 is 60.6 Å². The van der Waals surface area contributed by atoms with E-state index in [-0.39, 0.29) is 11.0 Å². The SMILES string of the molecule is CC1(C)c2ccccc2N(c2ccc(-c3ccccc3)cc2)c2ccc(-n3c4ccccc4c4cc5c(cc43)oc(=O)c3ccccc35)cc21. The number of rotatable bonds is 3. The zero-order valence-electron chi connectivity index (χ0n) is 27.7. The Balaban J connectivity index is 1.20. The van der Waals surface area contributed by atoms with Crippen LogP contribution in [0.1, 0.15) is 25.0 Å². The lowest BCUT2D eigenvalue weighted by Crippen LogP contribution is -2.30. The Bertz CT molecular complexity index is 2860. The number of hydrogen-bond donors (Lipinski definition) is 0. The largest absolute Gasteiger partial charge is 0.422 e. The number of benzene rings is 7. The number of hydrogen-bond acceptors (Lipinski definition) is 3. The van der Waals surface area contributed by atoms with Crippen LogP contribution >= 0.6 is 0 Å². The maximum atomic E-state index is 13.0. The van der Waals surface area contributed by atoms with E-state index in [1.807, 2.05) is 30.3 Å². The molecule has 0 unspecified atom stereocenters. The van der Waals surface area contributed by atoms with E-state index in [1.165, 1.54) is 27.9 Å². The van der Waals surface area contributed by atoms with Gasteiger partial charge in [-0.2, -0.15) is 0 Å². The third-order valence-corrected chi connectivity index (χ3v) is 10.6. The zero-order valence-corrected chi connectivity index (χ0v) is 27.7. The summed E-state index contributed by atoms with van der Waals surface area (Å²) in [5.41, 5.74) is 11.5. The summed E-state index contributed by atoms with van der Waals surface area (Å²) in [6, 6.07) is 55.5. The normalized spacial score (nSPS) is 13.6. The van der Waals surface area contributed by atoms with Gasteiger partial charge in [0.15, 0.2) is 0 Å². The molecule has 4 nitrogen and oxygen atoms in total. The summed E-state index contributed by atoms with van der Waals surface area (Å²) in [4.78, 5) is 15.4.